The number of aliphatic carboxylic acids is 1. The van der Waals surface area contributed by atoms with Crippen LogP contribution in [0.3, 0.4) is 0 Å². The first-order valence-corrected chi connectivity index (χ1v) is 3.42. The molecule has 2 atom stereocenters. The van der Waals surface area contributed by atoms with Crippen LogP contribution >= 0.6 is 0 Å². The van der Waals surface area contributed by atoms with Gasteiger partial charge in [0.25, 0.3) is 0 Å². The molecule has 0 spiro atoms. The van der Waals surface area contributed by atoms with E-state index in [0.29, 0.717) is 6.42 Å². The molecule has 1 aliphatic carbocycles. The third-order valence-electron chi connectivity index (χ3n) is 2.08. The second-order valence-electron chi connectivity index (χ2n) is 2.63. The summed E-state index contributed by atoms with van der Waals surface area (Å²) >= 11 is 0. The molecule has 1 rings (SSSR count). The molecule has 56 valence electrons. The lowest BCUT2D eigenvalue weighted by molar-refractivity contribution is -0.155. The highest BCUT2D eigenvalue weighted by molar-refractivity contribution is 5.95. The zero-order valence-corrected chi connectivity index (χ0v) is 5.83. The summed E-state index contributed by atoms with van der Waals surface area (Å²) in [6.45, 7) is 1.84. The van der Waals surface area contributed by atoms with Crippen molar-refractivity contribution in [3.05, 3.63) is 0 Å². The average Bonchev–Trinajstić information content (AvgIpc) is 1.83. The average molecular weight is 142 g/mol. The summed E-state index contributed by atoms with van der Waals surface area (Å²) < 4.78 is 0. The number of carboxylic acid groups (broad SMARTS) is 1. The Morgan fingerprint density at radius 3 is 2.60 bits per heavy atom. The lowest BCUT2D eigenvalue weighted by Crippen LogP contribution is -2.41. The first kappa shape index (κ1) is 7.25. The van der Waals surface area contributed by atoms with Gasteiger partial charge in [-0.15, -0.1) is 0 Å². The number of hydrogen-bond donors (Lipinski definition) is 1. The van der Waals surface area contributed by atoms with Crippen molar-refractivity contribution >= 4 is 11.8 Å². The van der Waals surface area contributed by atoms with Crippen LogP contribution in [0.2, 0.25) is 0 Å². The van der Waals surface area contributed by atoms with Crippen molar-refractivity contribution in [3.63, 3.8) is 0 Å². The molecule has 1 saturated carbocycles. The van der Waals surface area contributed by atoms with Gasteiger partial charge in [-0.1, -0.05) is 6.92 Å². The molecule has 0 aromatic carbocycles. The van der Waals surface area contributed by atoms with Gasteiger partial charge in [-0.2, -0.15) is 0 Å². The fourth-order valence-corrected chi connectivity index (χ4v) is 1.35. The second kappa shape index (κ2) is 2.40. The monoisotopic (exact) mass is 142 g/mol. The van der Waals surface area contributed by atoms with Crippen LogP contribution in [0.5, 0.6) is 0 Å². The Morgan fingerprint density at radius 2 is 2.40 bits per heavy atom. The summed E-state index contributed by atoms with van der Waals surface area (Å²) in [5, 5.41) is 8.50. The second-order valence-corrected chi connectivity index (χ2v) is 2.63. The first-order valence-electron chi connectivity index (χ1n) is 3.42. The van der Waals surface area contributed by atoms with Gasteiger partial charge in [-0.3, -0.25) is 9.59 Å². The summed E-state index contributed by atoms with van der Waals surface area (Å²) in [5.74, 6) is -1.31. The standard InChI is InChI=1S/C7H10O3/c1-2-4-5(7(9)10)3-6(4)8/h4-5H,2-3H2,1H3,(H,9,10). The normalized spacial score (nSPS) is 31.5. The number of rotatable bonds is 2. The van der Waals surface area contributed by atoms with Gasteiger partial charge >= 0.3 is 5.97 Å². The molecule has 0 aromatic rings. The number of carbonyl (C=O) groups excluding carboxylic acids is 1. The van der Waals surface area contributed by atoms with E-state index in [2.05, 4.69) is 0 Å². The van der Waals surface area contributed by atoms with Crippen molar-refractivity contribution in [1.29, 1.82) is 0 Å². The molecule has 0 radical (unpaired) electrons. The Labute approximate surface area is 59.0 Å². The van der Waals surface area contributed by atoms with Gasteiger partial charge < -0.3 is 5.11 Å². The van der Waals surface area contributed by atoms with Crippen LogP contribution in [0.15, 0.2) is 0 Å². The van der Waals surface area contributed by atoms with Gasteiger partial charge in [0, 0.05) is 12.3 Å². The van der Waals surface area contributed by atoms with E-state index in [9.17, 15) is 9.59 Å². The fourth-order valence-electron chi connectivity index (χ4n) is 1.35. The van der Waals surface area contributed by atoms with E-state index < -0.39 is 11.9 Å². The molecule has 0 saturated heterocycles. The fraction of sp³-hybridized carbons (Fsp3) is 0.714. The van der Waals surface area contributed by atoms with Crippen LogP contribution in [0.25, 0.3) is 0 Å². The van der Waals surface area contributed by atoms with Gasteiger partial charge in [0.2, 0.25) is 0 Å². The third kappa shape index (κ3) is 0.916. The van der Waals surface area contributed by atoms with E-state index in [-0.39, 0.29) is 18.1 Å². The van der Waals surface area contributed by atoms with Crippen molar-refractivity contribution < 1.29 is 14.7 Å². The minimum absolute atomic E-state index is 0.106. The highest BCUT2D eigenvalue weighted by Crippen LogP contribution is 2.32. The predicted molar refractivity (Wildman–Crippen MR) is 34.5 cm³/mol. The van der Waals surface area contributed by atoms with E-state index >= 15 is 0 Å². The van der Waals surface area contributed by atoms with Crippen LogP contribution in [-0.2, 0) is 9.59 Å². The molecule has 0 aliphatic heterocycles. The quantitative estimate of drug-likeness (QED) is 0.617. The van der Waals surface area contributed by atoms with Gasteiger partial charge in [0.1, 0.15) is 5.78 Å². The molecule has 3 heteroatoms. The number of carboxylic acids is 1. The van der Waals surface area contributed by atoms with E-state index in [1.165, 1.54) is 0 Å². The molecule has 1 N–H and O–H groups in total. The summed E-state index contributed by atoms with van der Waals surface area (Å²) in [4.78, 5) is 21.1. The van der Waals surface area contributed by atoms with Gasteiger partial charge in [-0.25, -0.2) is 0 Å². The molecular formula is C7H10O3. The SMILES string of the molecule is CCC1C(=O)CC1C(=O)O. The van der Waals surface area contributed by atoms with E-state index in [4.69, 9.17) is 5.11 Å². The highest BCUT2D eigenvalue weighted by atomic mass is 16.4. The Hall–Kier alpha value is -0.860. The largest absolute Gasteiger partial charge is 0.481 e. The first-order chi connectivity index (χ1) is 4.66. The van der Waals surface area contributed by atoms with Crippen molar-refractivity contribution in [2.75, 3.05) is 0 Å². The van der Waals surface area contributed by atoms with E-state index in [1.54, 1.807) is 0 Å². The van der Waals surface area contributed by atoms with Crippen LogP contribution in [-0.4, -0.2) is 16.9 Å². The minimum atomic E-state index is -0.827. The maximum absolute atomic E-state index is 10.7. The lowest BCUT2D eigenvalue weighted by Gasteiger charge is -2.30. The number of carbonyl (C=O) groups is 2. The van der Waals surface area contributed by atoms with Crippen molar-refractivity contribution in [2.24, 2.45) is 11.8 Å². The highest BCUT2D eigenvalue weighted by Gasteiger charge is 2.42. The molecule has 0 aromatic heterocycles. The Morgan fingerprint density at radius 1 is 1.80 bits per heavy atom. The Kier molecular flexibility index (Phi) is 1.74. The van der Waals surface area contributed by atoms with Crippen molar-refractivity contribution in [1.82, 2.24) is 0 Å². The maximum Gasteiger partial charge on any atom is 0.307 e. The van der Waals surface area contributed by atoms with Gasteiger partial charge in [0.15, 0.2) is 0 Å². The van der Waals surface area contributed by atoms with Crippen LogP contribution in [0, 0.1) is 11.8 Å². The molecule has 0 heterocycles. The zero-order chi connectivity index (χ0) is 7.72. The van der Waals surface area contributed by atoms with Crippen LogP contribution in [0.1, 0.15) is 19.8 Å². The Bertz CT molecular complexity index is 166. The zero-order valence-electron chi connectivity index (χ0n) is 5.83. The minimum Gasteiger partial charge on any atom is -0.481 e. The van der Waals surface area contributed by atoms with E-state index in [0.717, 1.165) is 0 Å². The molecular weight excluding hydrogens is 132 g/mol. The van der Waals surface area contributed by atoms with Crippen LogP contribution < -0.4 is 0 Å². The molecule has 0 bridgehead atoms. The molecule has 0 amide bonds. The molecule has 1 fully saturated rings. The predicted octanol–water partition coefficient (Wildman–Crippen LogP) is 0.686. The smallest absolute Gasteiger partial charge is 0.307 e. The van der Waals surface area contributed by atoms with E-state index in [1.807, 2.05) is 6.92 Å². The third-order valence-corrected chi connectivity index (χ3v) is 2.08. The molecule has 3 nitrogen and oxygen atoms in total. The lowest BCUT2D eigenvalue weighted by atomic mass is 9.71. The molecule has 10 heavy (non-hydrogen) atoms. The van der Waals surface area contributed by atoms with Crippen molar-refractivity contribution in [3.8, 4) is 0 Å². The number of Topliss-reactive ketones (excluding diaryl/α,β-unsaturated/α-hetero) is 1. The molecule has 2 unspecified atom stereocenters. The Balaban J connectivity index is 2.53. The summed E-state index contributed by atoms with van der Waals surface area (Å²) in [6, 6.07) is 0. The topological polar surface area (TPSA) is 54.4 Å². The summed E-state index contributed by atoms with van der Waals surface area (Å²) in [5.41, 5.74) is 0. The maximum atomic E-state index is 10.7. The van der Waals surface area contributed by atoms with Crippen LogP contribution in [0.4, 0.5) is 0 Å². The van der Waals surface area contributed by atoms with Gasteiger partial charge in [-0.05, 0) is 6.42 Å². The summed E-state index contributed by atoms with van der Waals surface area (Å²) in [6.07, 6.45) is 0.906. The number of ketones is 1. The van der Waals surface area contributed by atoms with Gasteiger partial charge in [0.05, 0.1) is 5.92 Å². The molecule has 1 aliphatic rings. The number of hydrogen-bond acceptors (Lipinski definition) is 2. The van der Waals surface area contributed by atoms with Crippen molar-refractivity contribution in [2.45, 2.75) is 19.8 Å². The summed E-state index contributed by atoms with van der Waals surface area (Å²) in [7, 11) is 0.